The lowest BCUT2D eigenvalue weighted by Crippen LogP contribution is -2.45. The van der Waals surface area contributed by atoms with Crippen LogP contribution in [-0.2, 0) is 4.79 Å². The second-order valence-corrected chi connectivity index (χ2v) is 6.63. The lowest BCUT2D eigenvalue weighted by Gasteiger charge is -2.27. The van der Waals surface area contributed by atoms with Crippen LogP contribution in [-0.4, -0.2) is 34.8 Å². The second kappa shape index (κ2) is 8.31. The fourth-order valence-electron chi connectivity index (χ4n) is 2.77. The van der Waals surface area contributed by atoms with Gasteiger partial charge < -0.3 is 20.8 Å². The lowest BCUT2D eigenvalue weighted by molar-refractivity contribution is -0.142. The summed E-state index contributed by atoms with van der Waals surface area (Å²) in [5, 5.41) is 24.6. The van der Waals surface area contributed by atoms with Crippen molar-refractivity contribution in [2.45, 2.75) is 37.8 Å². The Morgan fingerprint density at radius 1 is 1.22 bits per heavy atom. The molecule has 0 heterocycles. The van der Waals surface area contributed by atoms with E-state index in [0.29, 0.717) is 25.7 Å². The van der Waals surface area contributed by atoms with Crippen molar-refractivity contribution in [3.05, 3.63) is 34.3 Å². The Bertz CT molecular complexity index is 559. The molecule has 1 aliphatic rings. The molecule has 1 aliphatic carbocycles. The van der Waals surface area contributed by atoms with E-state index in [2.05, 4.69) is 26.6 Å². The van der Waals surface area contributed by atoms with Crippen LogP contribution >= 0.6 is 15.9 Å². The van der Waals surface area contributed by atoms with Crippen LogP contribution in [0.15, 0.2) is 28.7 Å². The zero-order valence-electron chi connectivity index (χ0n) is 12.7. The zero-order valence-corrected chi connectivity index (χ0v) is 14.3. The van der Waals surface area contributed by atoms with E-state index in [1.165, 1.54) is 0 Å². The number of carbonyl (C=O) groups excluding carboxylic acids is 1. The molecule has 1 saturated carbocycles. The number of carboxylic acid groups (broad SMARTS) is 1. The maximum Gasteiger partial charge on any atom is 0.315 e. The number of halogens is 1. The first kappa shape index (κ1) is 17.7. The third-order valence-electron chi connectivity index (χ3n) is 4.13. The smallest absolute Gasteiger partial charge is 0.315 e. The van der Waals surface area contributed by atoms with Gasteiger partial charge in [0.15, 0.2) is 0 Å². The minimum atomic E-state index is -0.793. The molecule has 0 radical (unpaired) electrons. The summed E-state index contributed by atoms with van der Waals surface area (Å²) >= 11 is 3.36. The van der Waals surface area contributed by atoms with E-state index < -0.39 is 12.1 Å². The number of urea groups is 1. The van der Waals surface area contributed by atoms with Crippen molar-refractivity contribution in [2.24, 2.45) is 5.92 Å². The van der Waals surface area contributed by atoms with Crippen LogP contribution in [0.2, 0.25) is 0 Å². The Hall–Kier alpha value is -1.60. The van der Waals surface area contributed by atoms with Crippen LogP contribution in [0.5, 0.6) is 0 Å². The van der Waals surface area contributed by atoms with E-state index in [1.54, 1.807) is 6.07 Å². The first-order valence-corrected chi connectivity index (χ1v) is 8.46. The molecule has 1 aromatic rings. The van der Waals surface area contributed by atoms with Crippen LogP contribution in [0.25, 0.3) is 0 Å². The number of nitrogens with one attached hydrogen (secondary N) is 2. The predicted octanol–water partition coefficient (Wildman–Crippen LogP) is 2.43. The van der Waals surface area contributed by atoms with Gasteiger partial charge in [0.1, 0.15) is 0 Å². The minimum absolute atomic E-state index is 0.00814. The molecule has 4 N–H and O–H groups in total. The number of aliphatic hydroxyl groups is 1. The van der Waals surface area contributed by atoms with Crippen LogP contribution in [0.4, 0.5) is 4.79 Å². The van der Waals surface area contributed by atoms with Crippen LogP contribution in [0.1, 0.15) is 37.4 Å². The molecule has 2 rings (SSSR count). The Morgan fingerprint density at radius 3 is 2.48 bits per heavy atom. The quantitative estimate of drug-likeness (QED) is 0.626. The van der Waals surface area contributed by atoms with Crippen LogP contribution in [0.3, 0.4) is 0 Å². The molecule has 0 spiro atoms. The van der Waals surface area contributed by atoms with Gasteiger partial charge >= 0.3 is 12.0 Å². The molecular weight excluding hydrogens is 364 g/mol. The summed E-state index contributed by atoms with van der Waals surface area (Å²) < 4.78 is 0.793. The number of hydrogen-bond donors (Lipinski definition) is 4. The molecule has 1 unspecified atom stereocenters. The van der Waals surface area contributed by atoms with Gasteiger partial charge in [0.05, 0.1) is 12.0 Å². The largest absolute Gasteiger partial charge is 0.481 e. The highest BCUT2D eigenvalue weighted by Gasteiger charge is 2.26. The molecule has 0 bridgehead atoms. The van der Waals surface area contributed by atoms with Crippen molar-refractivity contribution >= 4 is 27.9 Å². The summed E-state index contributed by atoms with van der Waals surface area (Å²) in [5.41, 5.74) is 0.717. The topological polar surface area (TPSA) is 98.7 Å². The Labute approximate surface area is 143 Å². The molecule has 1 atom stereocenters. The third-order valence-corrected chi connectivity index (χ3v) is 4.85. The first-order chi connectivity index (χ1) is 11.0. The van der Waals surface area contributed by atoms with E-state index in [4.69, 9.17) is 5.11 Å². The van der Waals surface area contributed by atoms with Crippen molar-refractivity contribution in [1.29, 1.82) is 0 Å². The van der Waals surface area contributed by atoms with Gasteiger partial charge in [-0.25, -0.2) is 4.79 Å². The third kappa shape index (κ3) is 5.21. The fourth-order valence-corrected chi connectivity index (χ4v) is 3.31. The van der Waals surface area contributed by atoms with Crippen molar-refractivity contribution in [2.75, 3.05) is 6.54 Å². The maximum absolute atomic E-state index is 11.9. The van der Waals surface area contributed by atoms with Crippen molar-refractivity contribution < 1.29 is 19.8 Å². The van der Waals surface area contributed by atoms with Gasteiger partial charge in [0.2, 0.25) is 0 Å². The second-order valence-electron chi connectivity index (χ2n) is 5.78. The highest BCUT2D eigenvalue weighted by atomic mass is 79.9. The molecule has 6 nitrogen and oxygen atoms in total. The Kier molecular flexibility index (Phi) is 6.41. The Morgan fingerprint density at radius 2 is 1.87 bits per heavy atom. The minimum Gasteiger partial charge on any atom is -0.481 e. The molecule has 0 aliphatic heterocycles. The highest BCUT2D eigenvalue weighted by Crippen LogP contribution is 2.24. The Balaban J connectivity index is 1.73. The normalized spacial score (nSPS) is 22.2. The monoisotopic (exact) mass is 384 g/mol. The van der Waals surface area contributed by atoms with Gasteiger partial charge in [-0.2, -0.15) is 0 Å². The van der Waals surface area contributed by atoms with E-state index >= 15 is 0 Å². The molecule has 0 aromatic heterocycles. The summed E-state index contributed by atoms with van der Waals surface area (Å²) in [4.78, 5) is 22.8. The number of hydrogen-bond acceptors (Lipinski definition) is 3. The number of aliphatic carboxylic acids is 1. The van der Waals surface area contributed by atoms with Gasteiger partial charge in [-0.15, -0.1) is 0 Å². The molecule has 126 valence electrons. The number of benzene rings is 1. The molecule has 0 saturated heterocycles. The summed E-state index contributed by atoms with van der Waals surface area (Å²) in [6.45, 7) is 0.110. The number of carboxylic acids is 1. The van der Waals surface area contributed by atoms with E-state index in [-0.39, 0.29) is 24.5 Å². The van der Waals surface area contributed by atoms with Crippen LogP contribution < -0.4 is 10.6 Å². The lowest BCUT2D eigenvalue weighted by atomic mass is 9.86. The summed E-state index contributed by atoms with van der Waals surface area (Å²) in [7, 11) is 0. The highest BCUT2D eigenvalue weighted by molar-refractivity contribution is 9.10. The number of aliphatic hydroxyl groups excluding tert-OH is 1. The molecule has 1 fully saturated rings. The molecule has 2 amide bonds. The summed E-state index contributed by atoms with van der Waals surface area (Å²) in [6.07, 6.45) is 1.70. The van der Waals surface area contributed by atoms with E-state index in [9.17, 15) is 14.7 Å². The number of rotatable bonds is 5. The van der Waals surface area contributed by atoms with Crippen LogP contribution in [0, 0.1) is 5.92 Å². The van der Waals surface area contributed by atoms with Gasteiger partial charge in [0.25, 0.3) is 0 Å². The predicted molar refractivity (Wildman–Crippen MR) is 89.0 cm³/mol. The fraction of sp³-hybridized carbons (Fsp3) is 0.500. The van der Waals surface area contributed by atoms with Gasteiger partial charge in [-0.05, 0) is 37.3 Å². The molecule has 23 heavy (non-hydrogen) atoms. The summed E-state index contributed by atoms with van der Waals surface area (Å²) in [6, 6.07) is 6.96. The SMILES string of the molecule is O=C(NCC(O)c1ccccc1Br)NC1CCC(C(=O)O)CC1. The van der Waals surface area contributed by atoms with Crippen molar-refractivity contribution in [3.63, 3.8) is 0 Å². The summed E-state index contributed by atoms with van der Waals surface area (Å²) in [5.74, 6) is -1.06. The maximum atomic E-state index is 11.9. The van der Waals surface area contributed by atoms with Crippen molar-refractivity contribution in [3.8, 4) is 0 Å². The van der Waals surface area contributed by atoms with Gasteiger partial charge in [-0.3, -0.25) is 4.79 Å². The van der Waals surface area contributed by atoms with Gasteiger partial charge in [0, 0.05) is 17.1 Å². The van der Waals surface area contributed by atoms with E-state index in [1.807, 2.05) is 18.2 Å². The average Bonchev–Trinajstić information content (AvgIpc) is 2.53. The number of carbonyl (C=O) groups is 2. The average molecular weight is 385 g/mol. The van der Waals surface area contributed by atoms with Gasteiger partial charge in [-0.1, -0.05) is 34.1 Å². The standard InChI is InChI=1S/C16H21BrN2O4/c17-13-4-2-1-3-12(13)14(20)9-18-16(23)19-11-7-5-10(6-8-11)15(21)22/h1-4,10-11,14,20H,5-9H2,(H,21,22)(H2,18,19,23). The molecule has 7 heteroatoms. The van der Waals surface area contributed by atoms with E-state index in [0.717, 1.165) is 10.0 Å². The first-order valence-electron chi connectivity index (χ1n) is 7.67. The molecular formula is C16H21BrN2O4. The number of amides is 2. The van der Waals surface area contributed by atoms with Crippen molar-refractivity contribution in [1.82, 2.24) is 10.6 Å². The molecule has 1 aromatic carbocycles. The zero-order chi connectivity index (χ0) is 16.8.